The lowest BCUT2D eigenvalue weighted by molar-refractivity contribution is -0.228. The molecule has 206 valence electrons. The van der Waals surface area contributed by atoms with Crippen molar-refractivity contribution in [3.05, 3.63) is 65.0 Å². The van der Waals surface area contributed by atoms with Crippen molar-refractivity contribution in [2.24, 2.45) is 11.8 Å². The van der Waals surface area contributed by atoms with Crippen molar-refractivity contribution < 1.29 is 43.9 Å². The number of rotatable bonds is 5. The summed E-state index contributed by atoms with van der Waals surface area (Å²) in [7, 11) is -4.38. The first kappa shape index (κ1) is 27.0. The fraction of sp³-hybridized carbons (Fsp3) is 0.500. The quantitative estimate of drug-likeness (QED) is 0.373. The van der Waals surface area contributed by atoms with Gasteiger partial charge in [0, 0.05) is 12.3 Å². The molecule has 2 unspecified atom stereocenters. The highest BCUT2D eigenvalue weighted by Crippen LogP contribution is 2.60. The van der Waals surface area contributed by atoms with Gasteiger partial charge < -0.3 is 5.32 Å². The van der Waals surface area contributed by atoms with E-state index in [9.17, 15) is 43.9 Å². The molecule has 0 bridgehead atoms. The van der Waals surface area contributed by atoms with E-state index in [4.69, 9.17) is 0 Å². The van der Waals surface area contributed by atoms with Crippen molar-refractivity contribution >= 4 is 15.7 Å². The number of hydrogen-bond donors (Lipinski definition) is 1. The van der Waals surface area contributed by atoms with Crippen LogP contribution in [0.15, 0.2) is 47.4 Å². The average Bonchev–Trinajstić information content (AvgIpc) is 3.24. The Labute approximate surface area is 214 Å². The van der Waals surface area contributed by atoms with Gasteiger partial charge in [0.1, 0.15) is 10.6 Å². The van der Waals surface area contributed by atoms with E-state index in [2.05, 4.69) is 5.32 Å². The molecule has 2 aromatic rings. The molecule has 2 aromatic carbocycles. The highest BCUT2D eigenvalue weighted by atomic mass is 32.2. The van der Waals surface area contributed by atoms with Crippen molar-refractivity contribution in [1.29, 1.82) is 0 Å². The highest BCUT2D eigenvalue weighted by Gasteiger charge is 2.64. The second kappa shape index (κ2) is 8.43. The van der Waals surface area contributed by atoms with Crippen LogP contribution in [0.3, 0.4) is 0 Å². The highest BCUT2D eigenvalue weighted by molar-refractivity contribution is 7.92. The Bertz CT molecular complexity index is 1390. The molecule has 0 saturated heterocycles. The van der Waals surface area contributed by atoms with Gasteiger partial charge in [-0.15, -0.1) is 0 Å². The molecule has 38 heavy (non-hydrogen) atoms. The number of nitrogens with one attached hydrogen (secondary N) is 1. The predicted octanol–water partition coefficient (Wildman–Crippen LogP) is 5.74. The van der Waals surface area contributed by atoms with Gasteiger partial charge in [0.15, 0.2) is 9.84 Å². The summed E-state index contributed by atoms with van der Waals surface area (Å²) in [5, 5.41) is 2.30. The summed E-state index contributed by atoms with van der Waals surface area (Å²) < 4.78 is 122. The molecule has 5 atom stereocenters. The van der Waals surface area contributed by atoms with Crippen molar-refractivity contribution in [3.63, 3.8) is 0 Å². The zero-order valence-electron chi connectivity index (χ0n) is 20.1. The minimum atomic E-state index is -5.21. The van der Waals surface area contributed by atoms with Gasteiger partial charge in [-0.25, -0.2) is 26.0 Å². The van der Waals surface area contributed by atoms with E-state index in [-0.39, 0.29) is 41.7 Å². The first-order valence-corrected chi connectivity index (χ1v) is 13.6. The molecule has 1 N–H and O–H groups in total. The summed E-state index contributed by atoms with van der Waals surface area (Å²) in [6.07, 6.45) is -5.70. The molecule has 5 rings (SSSR count). The number of carbonyl (C=O) groups excluding carboxylic acids is 1. The Hall–Kier alpha value is -2.63. The maximum atomic E-state index is 14.8. The molecular formula is C26H24F7NO3S. The fourth-order valence-electron chi connectivity index (χ4n) is 6.10. The standard InChI is InChI=1S/C26H24F7NO3S/c1-23(28,26(31,32)33)15-3-9-19-14(12-15)2-8-20-18(22(35)34-21-13-25(21,29)30)10-11-24(19,20)38(36,37)17-6-4-16(27)5-7-17/h3-7,9,12,18,20-21H,2,8,10-11,13H2,1H3,(H,34,35)/t18-,20+,21?,23?,24-/m1/s1. The number of hydrogen-bond acceptors (Lipinski definition) is 3. The molecule has 3 aliphatic rings. The summed E-state index contributed by atoms with van der Waals surface area (Å²) in [6, 6.07) is 5.79. The lowest BCUT2D eigenvalue weighted by Crippen LogP contribution is -2.47. The van der Waals surface area contributed by atoms with E-state index < -0.39 is 73.9 Å². The minimum absolute atomic E-state index is 0.0276. The van der Waals surface area contributed by atoms with Gasteiger partial charge in [0.25, 0.3) is 5.92 Å². The van der Waals surface area contributed by atoms with E-state index in [0.29, 0.717) is 6.92 Å². The molecule has 4 nitrogen and oxygen atoms in total. The van der Waals surface area contributed by atoms with Crippen LogP contribution in [0.4, 0.5) is 30.7 Å². The van der Waals surface area contributed by atoms with E-state index in [1.165, 1.54) is 0 Å². The second-order valence-corrected chi connectivity index (χ2v) is 12.7. The number of aryl methyl sites for hydroxylation is 1. The molecular weight excluding hydrogens is 539 g/mol. The third-order valence-corrected chi connectivity index (χ3v) is 10.9. The number of fused-ring (bicyclic) bond motifs is 3. The number of sulfone groups is 1. The van der Waals surface area contributed by atoms with E-state index in [0.717, 1.165) is 42.5 Å². The first-order chi connectivity index (χ1) is 17.5. The van der Waals surface area contributed by atoms with E-state index >= 15 is 0 Å². The van der Waals surface area contributed by atoms with E-state index in [1.54, 1.807) is 0 Å². The van der Waals surface area contributed by atoms with Gasteiger partial charge >= 0.3 is 6.18 Å². The summed E-state index contributed by atoms with van der Waals surface area (Å²) in [6.45, 7) is 0.384. The average molecular weight is 564 g/mol. The van der Waals surface area contributed by atoms with Crippen LogP contribution >= 0.6 is 0 Å². The third kappa shape index (κ3) is 3.93. The van der Waals surface area contributed by atoms with Crippen LogP contribution in [0.25, 0.3) is 0 Å². The predicted molar refractivity (Wildman–Crippen MR) is 122 cm³/mol. The molecule has 0 aromatic heterocycles. The summed E-state index contributed by atoms with van der Waals surface area (Å²) >= 11 is 0. The Morgan fingerprint density at radius 2 is 1.66 bits per heavy atom. The number of carbonyl (C=O) groups is 1. The smallest absolute Gasteiger partial charge is 0.347 e. The van der Waals surface area contributed by atoms with Crippen molar-refractivity contribution in [1.82, 2.24) is 5.32 Å². The van der Waals surface area contributed by atoms with E-state index in [1.807, 2.05) is 0 Å². The Balaban J connectivity index is 1.62. The summed E-state index contributed by atoms with van der Waals surface area (Å²) in [5.41, 5.74) is -4.02. The number of alkyl halides is 6. The topological polar surface area (TPSA) is 63.2 Å². The third-order valence-electron chi connectivity index (χ3n) is 8.35. The van der Waals surface area contributed by atoms with Gasteiger partial charge in [-0.3, -0.25) is 4.79 Å². The maximum Gasteiger partial charge on any atom is 0.426 e. The number of benzene rings is 2. The van der Waals surface area contributed by atoms with Crippen LogP contribution in [0.2, 0.25) is 0 Å². The molecule has 0 spiro atoms. The molecule has 2 saturated carbocycles. The SMILES string of the molecule is CC(F)(c1ccc2c(c1)CC[C@H]1[C@H](C(=O)NC3CC3(F)F)CC[C@@]21S(=O)(=O)c1ccc(F)cc1)C(F)(F)F. The molecule has 12 heteroatoms. The van der Waals surface area contributed by atoms with Gasteiger partial charge in [-0.1, -0.05) is 18.2 Å². The normalized spacial score (nSPS) is 29.6. The van der Waals surface area contributed by atoms with Crippen LogP contribution < -0.4 is 5.32 Å². The van der Waals surface area contributed by atoms with Crippen molar-refractivity contribution in [2.45, 2.75) is 72.5 Å². The Morgan fingerprint density at radius 1 is 1.03 bits per heavy atom. The van der Waals surface area contributed by atoms with Gasteiger partial charge in [-0.2, -0.15) is 13.2 Å². The van der Waals surface area contributed by atoms with Crippen molar-refractivity contribution in [2.75, 3.05) is 0 Å². The second-order valence-electron chi connectivity index (χ2n) is 10.5. The zero-order valence-corrected chi connectivity index (χ0v) is 20.9. The van der Waals surface area contributed by atoms with Gasteiger partial charge in [-0.05, 0) is 79.5 Å². The van der Waals surface area contributed by atoms with Crippen LogP contribution in [-0.4, -0.2) is 32.5 Å². The molecule has 0 heterocycles. The Kier molecular flexibility index (Phi) is 5.98. The minimum Gasteiger partial charge on any atom is -0.347 e. The van der Waals surface area contributed by atoms with Crippen LogP contribution in [0, 0.1) is 17.7 Å². The molecule has 2 fully saturated rings. The summed E-state index contributed by atoms with van der Waals surface area (Å²) in [5.74, 6) is -6.26. The summed E-state index contributed by atoms with van der Waals surface area (Å²) in [4.78, 5) is 12.8. The van der Waals surface area contributed by atoms with Gasteiger partial charge in [0.2, 0.25) is 11.6 Å². The lowest BCUT2D eigenvalue weighted by atomic mass is 9.72. The van der Waals surface area contributed by atoms with Gasteiger partial charge in [0.05, 0.1) is 10.9 Å². The zero-order chi connectivity index (χ0) is 27.9. The number of halogens is 7. The molecule has 1 amide bonds. The Morgan fingerprint density at radius 3 is 2.24 bits per heavy atom. The van der Waals surface area contributed by atoms with Crippen LogP contribution in [-0.2, 0) is 31.5 Å². The van der Waals surface area contributed by atoms with Crippen molar-refractivity contribution in [3.8, 4) is 0 Å². The largest absolute Gasteiger partial charge is 0.426 e. The maximum absolute atomic E-state index is 14.8. The monoisotopic (exact) mass is 563 g/mol. The fourth-order valence-corrected chi connectivity index (χ4v) is 8.57. The molecule has 3 aliphatic carbocycles. The first-order valence-electron chi connectivity index (χ1n) is 12.1. The van der Waals surface area contributed by atoms with Crippen LogP contribution in [0.1, 0.15) is 49.3 Å². The molecule has 0 aliphatic heterocycles. The lowest BCUT2D eigenvalue weighted by Gasteiger charge is -2.42. The number of amides is 1. The molecule has 0 radical (unpaired) electrons. The van der Waals surface area contributed by atoms with Crippen LogP contribution in [0.5, 0.6) is 0 Å².